The van der Waals surface area contributed by atoms with Gasteiger partial charge in [-0.25, -0.2) is 4.98 Å². The van der Waals surface area contributed by atoms with E-state index in [2.05, 4.69) is 16.5 Å². The van der Waals surface area contributed by atoms with Crippen molar-refractivity contribution in [2.75, 3.05) is 0 Å². The highest BCUT2D eigenvalue weighted by Gasteiger charge is 2.11. The molecule has 0 saturated carbocycles. The van der Waals surface area contributed by atoms with Gasteiger partial charge in [0.05, 0.1) is 6.20 Å². The van der Waals surface area contributed by atoms with Crippen LogP contribution in [0.5, 0.6) is 0 Å². The van der Waals surface area contributed by atoms with Crippen LogP contribution in [0.25, 0.3) is 0 Å². The summed E-state index contributed by atoms with van der Waals surface area (Å²) in [5.74, 6) is 1.61. The second kappa shape index (κ2) is 3.09. The number of nitrogens with zero attached hydrogens (tertiary/aromatic N) is 2. The summed E-state index contributed by atoms with van der Waals surface area (Å²) in [7, 11) is 0. The second-order valence-corrected chi connectivity index (χ2v) is 3.12. The number of aromatic nitrogens is 2. The largest absolute Gasteiger partial charge is 0.444 e. The molecule has 0 bridgehead atoms. The molecule has 0 N–H and O–H groups in total. The van der Waals surface area contributed by atoms with Gasteiger partial charge in [0.1, 0.15) is 11.8 Å². The zero-order valence-electron chi connectivity index (χ0n) is 7.77. The van der Waals surface area contributed by atoms with E-state index in [-0.39, 0.29) is 6.04 Å². The molecule has 68 valence electrons. The number of aryl methyl sites for hydroxylation is 1. The van der Waals surface area contributed by atoms with Crippen molar-refractivity contribution in [2.24, 2.45) is 0 Å². The van der Waals surface area contributed by atoms with E-state index in [1.54, 1.807) is 6.20 Å². The highest BCUT2D eigenvalue weighted by molar-refractivity contribution is 5.01. The lowest BCUT2D eigenvalue weighted by molar-refractivity contribution is 0.416. The Morgan fingerprint density at radius 2 is 2.08 bits per heavy atom. The molecule has 0 saturated heterocycles. The first kappa shape index (κ1) is 8.10. The summed E-state index contributed by atoms with van der Waals surface area (Å²) in [5, 5.41) is 0. The van der Waals surface area contributed by atoms with Crippen LogP contribution in [-0.2, 0) is 0 Å². The van der Waals surface area contributed by atoms with Gasteiger partial charge in [0.25, 0.3) is 0 Å². The summed E-state index contributed by atoms with van der Waals surface area (Å²) in [6.07, 6.45) is 5.75. The van der Waals surface area contributed by atoms with Crippen molar-refractivity contribution in [1.82, 2.24) is 9.55 Å². The van der Waals surface area contributed by atoms with E-state index >= 15 is 0 Å². The maximum atomic E-state index is 5.44. The Morgan fingerprint density at radius 3 is 2.62 bits per heavy atom. The van der Waals surface area contributed by atoms with Gasteiger partial charge in [-0.05, 0) is 26.0 Å². The monoisotopic (exact) mass is 176 g/mol. The molecule has 0 aliphatic rings. The minimum absolute atomic E-state index is 0.170. The molecule has 2 heterocycles. The van der Waals surface area contributed by atoms with E-state index in [4.69, 9.17) is 4.42 Å². The van der Waals surface area contributed by atoms with Crippen LogP contribution in [0.4, 0.5) is 0 Å². The van der Waals surface area contributed by atoms with Gasteiger partial charge in [-0.3, -0.25) is 0 Å². The van der Waals surface area contributed by atoms with Gasteiger partial charge in [0.2, 0.25) is 5.89 Å². The maximum absolute atomic E-state index is 5.44. The molecular weight excluding hydrogens is 164 g/mol. The lowest BCUT2D eigenvalue weighted by Gasteiger charge is -2.08. The lowest BCUT2D eigenvalue weighted by atomic mass is 10.3. The third-order valence-corrected chi connectivity index (χ3v) is 2.07. The Labute approximate surface area is 77.0 Å². The Bertz CT molecular complexity index is 375. The predicted octanol–water partition coefficient (Wildman–Crippen LogP) is 2.39. The summed E-state index contributed by atoms with van der Waals surface area (Å²) in [4.78, 5) is 4.18. The van der Waals surface area contributed by atoms with Crippen molar-refractivity contribution in [2.45, 2.75) is 19.9 Å². The summed E-state index contributed by atoms with van der Waals surface area (Å²) in [5.41, 5.74) is 0. The molecule has 13 heavy (non-hydrogen) atoms. The molecule has 3 nitrogen and oxygen atoms in total. The Kier molecular flexibility index (Phi) is 1.93. The van der Waals surface area contributed by atoms with Crippen molar-refractivity contribution < 1.29 is 4.42 Å². The Balaban J connectivity index is 2.28. The first-order valence-corrected chi connectivity index (χ1v) is 4.32. The van der Waals surface area contributed by atoms with E-state index < -0.39 is 0 Å². The fraction of sp³-hybridized carbons (Fsp3) is 0.300. The highest BCUT2D eigenvalue weighted by atomic mass is 16.4. The molecule has 0 aliphatic carbocycles. The molecule has 1 atom stereocenters. The molecule has 2 rings (SSSR count). The first-order chi connectivity index (χ1) is 6.27. The van der Waals surface area contributed by atoms with Crippen molar-refractivity contribution in [1.29, 1.82) is 0 Å². The van der Waals surface area contributed by atoms with Gasteiger partial charge in [0.15, 0.2) is 0 Å². The Hall–Kier alpha value is -1.51. The van der Waals surface area contributed by atoms with E-state index in [9.17, 15) is 0 Å². The van der Waals surface area contributed by atoms with Crippen LogP contribution in [-0.4, -0.2) is 9.55 Å². The predicted molar refractivity (Wildman–Crippen MR) is 49.5 cm³/mol. The highest BCUT2D eigenvalue weighted by Crippen LogP contribution is 2.16. The number of hydrogen-bond donors (Lipinski definition) is 0. The third-order valence-electron chi connectivity index (χ3n) is 2.07. The standard InChI is InChI=1S/C10H12N2O/c1-8-7-11-10(13-8)9(2)12-5-3-4-6-12/h3-7,9H,1-2H3. The van der Waals surface area contributed by atoms with Gasteiger partial charge in [-0.2, -0.15) is 0 Å². The fourth-order valence-corrected chi connectivity index (χ4v) is 1.30. The smallest absolute Gasteiger partial charge is 0.217 e. The van der Waals surface area contributed by atoms with Crippen LogP contribution in [0.3, 0.4) is 0 Å². The molecule has 0 spiro atoms. The molecule has 0 aromatic carbocycles. The van der Waals surface area contributed by atoms with Gasteiger partial charge >= 0.3 is 0 Å². The summed E-state index contributed by atoms with van der Waals surface area (Å²) in [6.45, 7) is 3.96. The Morgan fingerprint density at radius 1 is 1.38 bits per heavy atom. The average Bonchev–Trinajstić information content (AvgIpc) is 2.72. The van der Waals surface area contributed by atoms with Crippen LogP contribution < -0.4 is 0 Å². The van der Waals surface area contributed by atoms with Gasteiger partial charge in [-0.15, -0.1) is 0 Å². The molecule has 0 fully saturated rings. The molecule has 1 unspecified atom stereocenters. The quantitative estimate of drug-likeness (QED) is 0.703. The first-order valence-electron chi connectivity index (χ1n) is 4.32. The fourth-order valence-electron chi connectivity index (χ4n) is 1.30. The number of oxazole rings is 1. The van der Waals surface area contributed by atoms with E-state index in [1.807, 2.05) is 31.5 Å². The van der Waals surface area contributed by atoms with Crippen LogP contribution in [0, 0.1) is 6.92 Å². The number of hydrogen-bond acceptors (Lipinski definition) is 2. The van der Waals surface area contributed by atoms with Crippen LogP contribution >= 0.6 is 0 Å². The molecule has 0 aliphatic heterocycles. The van der Waals surface area contributed by atoms with E-state index in [0.717, 1.165) is 11.7 Å². The molecule has 0 radical (unpaired) electrons. The van der Waals surface area contributed by atoms with Gasteiger partial charge in [0, 0.05) is 12.4 Å². The van der Waals surface area contributed by atoms with Crippen LogP contribution in [0.1, 0.15) is 24.6 Å². The van der Waals surface area contributed by atoms with E-state index in [0.29, 0.717) is 0 Å². The van der Waals surface area contributed by atoms with Crippen LogP contribution in [0.15, 0.2) is 35.1 Å². The zero-order chi connectivity index (χ0) is 9.26. The lowest BCUT2D eigenvalue weighted by Crippen LogP contribution is -2.03. The van der Waals surface area contributed by atoms with Crippen molar-refractivity contribution in [3.8, 4) is 0 Å². The summed E-state index contributed by atoms with van der Waals surface area (Å²) < 4.78 is 7.50. The molecule has 0 amide bonds. The second-order valence-electron chi connectivity index (χ2n) is 3.12. The molecule has 3 heteroatoms. The van der Waals surface area contributed by atoms with Crippen molar-refractivity contribution in [3.05, 3.63) is 42.4 Å². The molecular formula is C10H12N2O. The topological polar surface area (TPSA) is 31.0 Å². The van der Waals surface area contributed by atoms with Gasteiger partial charge in [-0.1, -0.05) is 0 Å². The number of rotatable bonds is 2. The maximum Gasteiger partial charge on any atom is 0.217 e. The minimum Gasteiger partial charge on any atom is -0.444 e. The average molecular weight is 176 g/mol. The van der Waals surface area contributed by atoms with E-state index in [1.165, 1.54) is 0 Å². The summed E-state index contributed by atoms with van der Waals surface area (Å²) >= 11 is 0. The van der Waals surface area contributed by atoms with Crippen molar-refractivity contribution in [3.63, 3.8) is 0 Å². The molecule has 2 aromatic heterocycles. The van der Waals surface area contributed by atoms with Crippen LogP contribution in [0.2, 0.25) is 0 Å². The third kappa shape index (κ3) is 1.49. The minimum atomic E-state index is 0.170. The normalized spacial score (nSPS) is 13.1. The van der Waals surface area contributed by atoms with Crippen molar-refractivity contribution >= 4 is 0 Å². The zero-order valence-corrected chi connectivity index (χ0v) is 7.77. The SMILES string of the molecule is Cc1cnc(C(C)n2cccc2)o1. The summed E-state index contributed by atoms with van der Waals surface area (Å²) in [6, 6.07) is 4.15. The molecule has 2 aromatic rings. The van der Waals surface area contributed by atoms with Gasteiger partial charge < -0.3 is 8.98 Å².